The largest absolute Gasteiger partial charge is 0.434 e. The van der Waals surface area contributed by atoms with Gasteiger partial charge in [-0.15, -0.1) is 0 Å². The molecule has 0 radical (unpaired) electrons. The average Bonchev–Trinajstić information content (AvgIpc) is 2.53. The molecule has 0 N–H and O–H groups in total. The van der Waals surface area contributed by atoms with E-state index < -0.39 is 21.4 Å². The van der Waals surface area contributed by atoms with E-state index in [9.17, 15) is 22.5 Å². The molecule has 0 spiro atoms. The lowest BCUT2D eigenvalue weighted by molar-refractivity contribution is -0.0499. The number of nitriles is 1. The Morgan fingerprint density at radius 3 is 2.38 bits per heavy atom. The van der Waals surface area contributed by atoms with Gasteiger partial charge in [0.15, 0.2) is 0 Å². The van der Waals surface area contributed by atoms with Gasteiger partial charge < -0.3 is 4.74 Å². The monoisotopic (exact) mass is 369 g/mol. The molecular formula is C16H10ClF2NO3S. The highest BCUT2D eigenvalue weighted by atomic mass is 35.5. The number of sulfone groups is 1. The fourth-order valence-corrected chi connectivity index (χ4v) is 3.13. The van der Waals surface area contributed by atoms with Gasteiger partial charge >= 0.3 is 6.61 Å². The summed E-state index contributed by atoms with van der Waals surface area (Å²) in [6, 6.07) is 12.4. The Hall–Kier alpha value is -2.43. The molecular weight excluding hydrogens is 360 g/mol. The molecule has 0 bridgehead atoms. The quantitative estimate of drug-likeness (QED) is 0.738. The first-order valence-corrected chi connectivity index (χ1v) is 8.37. The highest BCUT2D eigenvalue weighted by Gasteiger charge is 2.21. The van der Waals surface area contributed by atoms with Gasteiger partial charge in [0.1, 0.15) is 16.7 Å². The third-order valence-electron chi connectivity index (χ3n) is 2.95. The van der Waals surface area contributed by atoms with Crippen molar-refractivity contribution in [1.82, 2.24) is 0 Å². The lowest BCUT2D eigenvalue weighted by Crippen LogP contribution is -2.05. The number of nitrogens with zero attached hydrogens (tertiary/aromatic N) is 1. The molecule has 0 saturated carbocycles. The Morgan fingerprint density at radius 2 is 1.79 bits per heavy atom. The maximum absolute atomic E-state index is 12.5. The molecule has 0 atom stereocenters. The van der Waals surface area contributed by atoms with E-state index in [0.717, 1.165) is 6.08 Å². The molecule has 0 aromatic heterocycles. The zero-order chi connectivity index (χ0) is 17.7. The third kappa shape index (κ3) is 4.10. The number of hydrogen-bond acceptors (Lipinski definition) is 4. The lowest BCUT2D eigenvalue weighted by atomic mass is 10.2. The zero-order valence-corrected chi connectivity index (χ0v) is 13.6. The van der Waals surface area contributed by atoms with Gasteiger partial charge in [-0.25, -0.2) is 8.42 Å². The van der Waals surface area contributed by atoms with Crippen molar-refractivity contribution in [3.63, 3.8) is 0 Å². The van der Waals surface area contributed by atoms with Crippen molar-refractivity contribution in [2.45, 2.75) is 11.5 Å². The first-order valence-electron chi connectivity index (χ1n) is 6.51. The number of alkyl halides is 2. The fraction of sp³-hybridized carbons (Fsp3) is 0.0625. The lowest BCUT2D eigenvalue weighted by Gasteiger charge is -2.08. The summed E-state index contributed by atoms with van der Waals surface area (Å²) in [5, 5.41) is 9.54. The van der Waals surface area contributed by atoms with E-state index in [1.54, 1.807) is 6.07 Å². The minimum absolute atomic E-state index is 0.0480. The third-order valence-corrected chi connectivity index (χ3v) is 4.88. The van der Waals surface area contributed by atoms with Gasteiger partial charge in [0, 0.05) is 10.6 Å². The van der Waals surface area contributed by atoms with Crippen LogP contribution < -0.4 is 4.74 Å². The van der Waals surface area contributed by atoms with Gasteiger partial charge in [0.05, 0.1) is 4.90 Å². The van der Waals surface area contributed by atoms with Crippen molar-refractivity contribution in [2.75, 3.05) is 0 Å². The van der Waals surface area contributed by atoms with Crippen LogP contribution in [0.1, 0.15) is 5.56 Å². The van der Waals surface area contributed by atoms with Crippen molar-refractivity contribution in [3.8, 4) is 11.8 Å². The number of benzene rings is 2. The predicted molar refractivity (Wildman–Crippen MR) is 85.3 cm³/mol. The highest BCUT2D eigenvalue weighted by Crippen LogP contribution is 2.27. The number of allylic oxidation sites excluding steroid dienone is 1. The van der Waals surface area contributed by atoms with Gasteiger partial charge in [0.2, 0.25) is 9.84 Å². The van der Waals surface area contributed by atoms with Crippen molar-refractivity contribution in [3.05, 3.63) is 64.0 Å². The van der Waals surface area contributed by atoms with Crippen LogP contribution in [-0.2, 0) is 9.84 Å². The van der Waals surface area contributed by atoms with Gasteiger partial charge in [-0.1, -0.05) is 29.8 Å². The summed E-state index contributed by atoms with van der Waals surface area (Å²) >= 11 is 5.71. The van der Waals surface area contributed by atoms with Crippen molar-refractivity contribution in [1.29, 1.82) is 5.26 Å². The summed E-state index contributed by atoms with van der Waals surface area (Å²) in [6.07, 6.45) is 0.988. The van der Waals surface area contributed by atoms with Crippen LogP contribution >= 0.6 is 11.6 Å². The molecule has 2 aromatic rings. The van der Waals surface area contributed by atoms with E-state index in [1.165, 1.54) is 48.5 Å². The van der Waals surface area contributed by atoms with E-state index in [1.807, 2.05) is 0 Å². The number of halogens is 3. The first kappa shape index (κ1) is 17.9. The van der Waals surface area contributed by atoms with E-state index >= 15 is 0 Å². The summed E-state index contributed by atoms with van der Waals surface area (Å²) in [7, 11) is -4.11. The molecule has 4 nitrogen and oxygen atoms in total. The van der Waals surface area contributed by atoms with Crippen molar-refractivity contribution >= 4 is 27.5 Å². The van der Waals surface area contributed by atoms with Gasteiger partial charge in [-0.05, 0) is 36.4 Å². The van der Waals surface area contributed by atoms with Gasteiger partial charge in [0.25, 0.3) is 0 Å². The molecule has 0 aliphatic rings. The normalized spacial score (nSPS) is 12.0. The van der Waals surface area contributed by atoms with Crippen LogP contribution in [0.3, 0.4) is 0 Å². The minimum Gasteiger partial charge on any atom is -0.434 e. The molecule has 0 heterocycles. The molecule has 0 saturated heterocycles. The van der Waals surface area contributed by atoms with E-state index in [4.69, 9.17) is 11.6 Å². The Labute approximate surface area is 142 Å². The number of hydrogen-bond donors (Lipinski definition) is 0. The Kier molecular flexibility index (Phi) is 5.54. The Balaban J connectivity index is 2.51. The highest BCUT2D eigenvalue weighted by molar-refractivity contribution is 7.95. The van der Waals surface area contributed by atoms with E-state index in [0.29, 0.717) is 5.02 Å². The van der Waals surface area contributed by atoms with E-state index in [2.05, 4.69) is 4.74 Å². The summed E-state index contributed by atoms with van der Waals surface area (Å²) in [6.45, 7) is -3.07. The molecule has 0 fully saturated rings. The smallest absolute Gasteiger partial charge is 0.387 e. The SMILES string of the molecule is N#C/C(=C\c1ccccc1OC(F)F)S(=O)(=O)c1ccc(Cl)cc1. The van der Waals surface area contributed by atoms with Crippen LogP contribution in [0.5, 0.6) is 5.75 Å². The van der Waals surface area contributed by atoms with Crippen molar-refractivity contribution in [2.24, 2.45) is 0 Å². The molecule has 0 amide bonds. The molecule has 8 heteroatoms. The molecule has 0 aliphatic heterocycles. The van der Waals surface area contributed by atoms with Crippen LogP contribution in [-0.4, -0.2) is 15.0 Å². The van der Waals surface area contributed by atoms with Crippen LogP contribution in [0.15, 0.2) is 58.3 Å². The predicted octanol–water partition coefficient (Wildman–Crippen LogP) is 4.28. The fourth-order valence-electron chi connectivity index (χ4n) is 1.85. The van der Waals surface area contributed by atoms with Crippen LogP contribution in [0, 0.1) is 11.3 Å². The van der Waals surface area contributed by atoms with Crippen LogP contribution in [0.4, 0.5) is 8.78 Å². The Bertz CT molecular complexity index is 904. The summed E-state index contributed by atoms with van der Waals surface area (Å²) in [5.74, 6) is -0.230. The molecule has 124 valence electrons. The number of ether oxygens (including phenoxy) is 1. The topological polar surface area (TPSA) is 67.2 Å². The zero-order valence-electron chi connectivity index (χ0n) is 12.0. The molecule has 24 heavy (non-hydrogen) atoms. The standard InChI is InChI=1S/C16H10ClF2NO3S/c17-12-5-7-13(8-6-12)24(21,22)14(10-20)9-11-3-1-2-4-15(11)23-16(18)19/h1-9,16H/b14-9+. The first-order chi connectivity index (χ1) is 11.3. The van der Waals surface area contributed by atoms with Gasteiger partial charge in [-0.3, -0.25) is 0 Å². The summed E-state index contributed by atoms with van der Waals surface area (Å²) in [4.78, 5) is -0.734. The molecule has 2 aromatic carbocycles. The summed E-state index contributed by atoms with van der Waals surface area (Å²) < 4.78 is 54.1. The Morgan fingerprint density at radius 1 is 1.17 bits per heavy atom. The van der Waals surface area contributed by atoms with Crippen molar-refractivity contribution < 1.29 is 21.9 Å². The average molecular weight is 370 g/mol. The molecule has 0 unspecified atom stereocenters. The maximum Gasteiger partial charge on any atom is 0.387 e. The molecule has 0 aliphatic carbocycles. The maximum atomic E-state index is 12.5. The van der Waals surface area contributed by atoms with Gasteiger partial charge in [-0.2, -0.15) is 14.0 Å². The minimum atomic E-state index is -4.11. The second-order valence-corrected chi connectivity index (χ2v) is 6.85. The number of para-hydroxylation sites is 1. The summed E-state index contributed by atoms with van der Waals surface area (Å²) in [5.41, 5.74) is 0.0480. The van der Waals surface area contributed by atoms with Crippen LogP contribution in [0.25, 0.3) is 6.08 Å². The second kappa shape index (κ2) is 7.43. The molecule has 2 rings (SSSR count). The van der Waals surface area contributed by atoms with Crippen LogP contribution in [0.2, 0.25) is 5.02 Å². The van der Waals surface area contributed by atoms with E-state index in [-0.39, 0.29) is 16.2 Å². The second-order valence-electron chi connectivity index (χ2n) is 4.49. The number of rotatable bonds is 5.